The summed E-state index contributed by atoms with van der Waals surface area (Å²) >= 11 is 0. The maximum absolute atomic E-state index is 3.73. The molecule has 0 aromatic rings. The smallest absolute Gasteiger partial charge is 0.0139 e. The highest BCUT2D eigenvalue weighted by Gasteiger charge is 1.91. The summed E-state index contributed by atoms with van der Waals surface area (Å²) in [5.74, 6) is 0. The van der Waals surface area contributed by atoms with Gasteiger partial charge in [-0.05, 0) is 59.8 Å². The van der Waals surface area contributed by atoms with E-state index in [-0.39, 0.29) is 0 Å². The van der Waals surface area contributed by atoms with Crippen molar-refractivity contribution in [2.75, 3.05) is 0 Å². The van der Waals surface area contributed by atoms with Crippen molar-refractivity contribution in [3.63, 3.8) is 0 Å². The molecule has 0 bridgehead atoms. The summed E-state index contributed by atoms with van der Waals surface area (Å²) in [5.41, 5.74) is 4.38. The molecule has 0 spiro atoms. The zero-order valence-corrected chi connectivity index (χ0v) is 12.1. The largest absolute Gasteiger partial charge is 0.103 e. The summed E-state index contributed by atoms with van der Waals surface area (Å²) in [6, 6.07) is 0. The standard InChI is InChI=1S/C17H28/c1-6-7-8-11-16(4)13-14-17(5)12-9-10-15(2)3/h6,10-11,14H,1,7-9,12-13H2,2-5H3/b16-11-,17-14?. The Kier molecular flexibility index (Phi) is 9.52. The molecule has 0 aromatic heterocycles. The number of rotatable bonds is 8. The van der Waals surface area contributed by atoms with Crippen LogP contribution < -0.4 is 0 Å². The van der Waals surface area contributed by atoms with E-state index in [1.807, 2.05) is 6.08 Å². The molecule has 0 unspecified atom stereocenters. The molecule has 0 heterocycles. The van der Waals surface area contributed by atoms with E-state index in [0.717, 1.165) is 19.3 Å². The van der Waals surface area contributed by atoms with Crippen LogP contribution in [0.25, 0.3) is 0 Å². The SMILES string of the molecule is C=CCC/C=C(/C)CC=C(C)CCC=C(C)C. The maximum Gasteiger partial charge on any atom is -0.0139 e. The fourth-order valence-electron chi connectivity index (χ4n) is 1.56. The van der Waals surface area contributed by atoms with Crippen molar-refractivity contribution in [1.29, 1.82) is 0 Å². The van der Waals surface area contributed by atoms with Crippen LogP contribution in [-0.2, 0) is 0 Å². The number of unbranched alkanes of at least 4 members (excludes halogenated alkanes) is 1. The minimum absolute atomic E-state index is 1.08. The van der Waals surface area contributed by atoms with E-state index in [0.29, 0.717) is 0 Å². The fourth-order valence-corrected chi connectivity index (χ4v) is 1.56. The van der Waals surface area contributed by atoms with Gasteiger partial charge in [0.15, 0.2) is 0 Å². The van der Waals surface area contributed by atoms with Crippen LogP contribution in [0.5, 0.6) is 0 Å². The average Bonchev–Trinajstić information content (AvgIpc) is 2.26. The van der Waals surface area contributed by atoms with Crippen LogP contribution in [0.2, 0.25) is 0 Å². The molecule has 0 radical (unpaired) electrons. The van der Waals surface area contributed by atoms with Crippen LogP contribution >= 0.6 is 0 Å². The molecule has 0 amide bonds. The molecule has 0 saturated carbocycles. The minimum atomic E-state index is 1.08. The summed E-state index contributed by atoms with van der Waals surface area (Å²) in [4.78, 5) is 0. The normalized spacial score (nSPS) is 12.5. The van der Waals surface area contributed by atoms with Crippen molar-refractivity contribution in [3.05, 3.63) is 47.6 Å². The highest BCUT2D eigenvalue weighted by Crippen LogP contribution is 2.11. The minimum Gasteiger partial charge on any atom is -0.103 e. The van der Waals surface area contributed by atoms with E-state index in [1.54, 1.807) is 0 Å². The molecule has 17 heavy (non-hydrogen) atoms. The Labute approximate surface area is 108 Å². The maximum atomic E-state index is 3.73. The molecule has 96 valence electrons. The van der Waals surface area contributed by atoms with Gasteiger partial charge in [0.05, 0.1) is 0 Å². The van der Waals surface area contributed by atoms with Crippen molar-refractivity contribution < 1.29 is 0 Å². The molecular formula is C17H28. The van der Waals surface area contributed by atoms with Gasteiger partial charge in [0.2, 0.25) is 0 Å². The molecule has 0 saturated heterocycles. The molecule has 0 aliphatic heterocycles. The van der Waals surface area contributed by atoms with Crippen LogP contribution in [0.3, 0.4) is 0 Å². The average molecular weight is 232 g/mol. The monoisotopic (exact) mass is 232 g/mol. The van der Waals surface area contributed by atoms with Crippen molar-refractivity contribution in [1.82, 2.24) is 0 Å². The number of hydrogen-bond acceptors (Lipinski definition) is 0. The molecule has 0 rings (SSSR count). The van der Waals surface area contributed by atoms with Gasteiger partial charge in [-0.3, -0.25) is 0 Å². The first-order valence-corrected chi connectivity index (χ1v) is 6.61. The summed E-state index contributed by atoms with van der Waals surface area (Å²) in [7, 11) is 0. The topological polar surface area (TPSA) is 0 Å². The van der Waals surface area contributed by atoms with E-state index in [4.69, 9.17) is 0 Å². The fraction of sp³-hybridized carbons (Fsp3) is 0.529. The molecule has 0 aromatic carbocycles. The molecular weight excluding hydrogens is 204 g/mol. The zero-order chi connectivity index (χ0) is 13.1. The lowest BCUT2D eigenvalue weighted by atomic mass is 10.1. The van der Waals surface area contributed by atoms with E-state index < -0.39 is 0 Å². The van der Waals surface area contributed by atoms with Crippen LogP contribution in [0.15, 0.2) is 47.6 Å². The third-order valence-electron chi connectivity index (χ3n) is 2.73. The van der Waals surface area contributed by atoms with E-state index in [2.05, 4.69) is 52.5 Å². The molecule has 0 aliphatic carbocycles. The van der Waals surface area contributed by atoms with Gasteiger partial charge in [-0.15, -0.1) is 6.58 Å². The zero-order valence-electron chi connectivity index (χ0n) is 12.1. The lowest BCUT2D eigenvalue weighted by molar-refractivity contribution is 0.950. The Bertz CT molecular complexity index is 296. The van der Waals surface area contributed by atoms with Gasteiger partial charge in [0, 0.05) is 0 Å². The van der Waals surface area contributed by atoms with Gasteiger partial charge in [0.1, 0.15) is 0 Å². The Balaban J connectivity index is 3.92. The Morgan fingerprint density at radius 3 is 2.12 bits per heavy atom. The third-order valence-corrected chi connectivity index (χ3v) is 2.73. The molecule has 0 N–H and O–H groups in total. The highest BCUT2D eigenvalue weighted by atomic mass is 14.0. The van der Waals surface area contributed by atoms with E-state index in [9.17, 15) is 0 Å². The predicted molar refractivity (Wildman–Crippen MR) is 80.2 cm³/mol. The Hall–Kier alpha value is -1.04. The van der Waals surface area contributed by atoms with Gasteiger partial charge >= 0.3 is 0 Å². The summed E-state index contributed by atoms with van der Waals surface area (Å²) in [6.45, 7) is 12.5. The quantitative estimate of drug-likeness (QED) is 0.356. The molecule has 0 fully saturated rings. The lowest BCUT2D eigenvalue weighted by Gasteiger charge is -2.00. The first kappa shape index (κ1) is 16.0. The van der Waals surface area contributed by atoms with Gasteiger partial charge in [0.25, 0.3) is 0 Å². The van der Waals surface area contributed by atoms with Crippen molar-refractivity contribution in [2.45, 2.75) is 59.8 Å². The Morgan fingerprint density at radius 2 is 1.53 bits per heavy atom. The second-order valence-electron chi connectivity index (χ2n) is 4.99. The third kappa shape index (κ3) is 11.2. The van der Waals surface area contributed by atoms with Gasteiger partial charge < -0.3 is 0 Å². The van der Waals surface area contributed by atoms with Crippen LogP contribution in [0.1, 0.15) is 59.8 Å². The summed E-state index contributed by atoms with van der Waals surface area (Å²) < 4.78 is 0. The molecule has 0 heteroatoms. The van der Waals surface area contributed by atoms with E-state index >= 15 is 0 Å². The van der Waals surface area contributed by atoms with Gasteiger partial charge in [-0.25, -0.2) is 0 Å². The van der Waals surface area contributed by atoms with Gasteiger partial charge in [-0.1, -0.05) is 41.0 Å². The molecule has 0 nitrogen and oxygen atoms in total. The van der Waals surface area contributed by atoms with Gasteiger partial charge in [-0.2, -0.15) is 0 Å². The second kappa shape index (κ2) is 10.1. The summed E-state index contributed by atoms with van der Waals surface area (Å²) in [5, 5.41) is 0. The van der Waals surface area contributed by atoms with Crippen LogP contribution in [0, 0.1) is 0 Å². The van der Waals surface area contributed by atoms with Crippen LogP contribution in [-0.4, -0.2) is 0 Å². The Morgan fingerprint density at radius 1 is 0.824 bits per heavy atom. The van der Waals surface area contributed by atoms with Crippen molar-refractivity contribution in [2.24, 2.45) is 0 Å². The highest BCUT2D eigenvalue weighted by molar-refractivity contribution is 5.10. The van der Waals surface area contributed by atoms with Crippen molar-refractivity contribution >= 4 is 0 Å². The first-order chi connectivity index (χ1) is 8.06. The number of hydrogen-bond donors (Lipinski definition) is 0. The van der Waals surface area contributed by atoms with Crippen molar-refractivity contribution in [3.8, 4) is 0 Å². The molecule has 0 aliphatic rings. The predicted octanol–water partition coefficient (Wildman–Crippen LogP) is 5.98. The van der Waals surface area contributed by atoms with E-state index in [1.165, 1.54) is 29.6 Å². The second-order valence-corrected chi connectivity index (χ2v) is 4.99. The first-order valence-electron chi connectivity index (χ1n) is 6.61. The number of allylic oxidation sites excluding steroid dienone is 7. The lowest BCUT2D eigenvalue weighted by Crippen LogP contribution is -1.80. The van der Waals surface area contributed by atoms with Crippen LogP contribution in [0.4, 0.5) is 0 Å². The summed E-state index contributed by atoms with van der Waals surface area (Å²) in [6.07, 6.45) is 14.6. The molecule has 0 atom stereocenters.